The van der Waals surface area contributed by atoms with E-state index in [0.29, 0.717) is 28.2 Å². The number of hydrogen-bond acceptors (Lipinski definition) is 6. The van der Waals surface area contributed by atoms with E-state index in [1.807, 2.05) is 6.07 Å². The number of benzene rings is 2. The van der Waals surface area contributed by atoms with Gasteiger partial charge in [-0.15, -0.1) is 5.10 Å². The summed E-state index contributed by atoms with van der Waals surface area (Å²) < 4.78 is 5.54. The minimum absolute atomic E-state index is 0.0297. The summed E-state index contributed by atoms with van der Waals surface area (Å²) in [6.07, 6.45) is 0. The van der Waals surface area contributed by atoms with Gasteiger partial charge in [0.25, 0.3) is 0 Å². The third-order valence-corrected chi connectivity index (χ3v) is 5.75. The number of para-hydroxylation sites is 2. The van der Waals surface area contributed by atoms with E-state index in [-0.39, 0.29) is 29.8 Å². The smallest absolute Gasteiger partial charge is 0.248 e. The van der Waals surface area contributed by atoms with E-state index in [2.05, 4.69) is 21.6 Å². The minimum Gasteiger partial charge on any atom is -0.420 e. The van der Waals surface area contributed by atoms with E-state index in [1.54, 1.807) is 55.5 Å². The minimum atomic E-state index is -1.55. The molecule has 2 amide bonds. The number of carbonyl (C=O) groups is 2. The van der Waals surface area contributed by atoms with Crippen LogP contribution in [0.2, 0.25) is 0 Å². The molecular weight excluding hydrogens is 408 g/mol. The Morgan fingerprint density at radius 3 is 2.72 bits per heavy atom. The first-order valence-electron chi connectivity index (χ1n) is 9.88. The van der Waals surface area contributed by atoms with Gasteiger partial charge in [0.05, 0.1) is 5.56 Å². The molecule has 0 aliphatic carbocycles. The lowest BCUT2D eigenvalue weighted by atomic mass is 9.69. The molecule has 1 spiro atoms. The van der Waals surface area contributed by atoms with Gasteiger partial charge >= 0.3 is 0 Å². The summed E-state index contributed by atoms with van der Waals surface area (Å²) in [5.41, 5.74) is 7.17. The normalized spacial score (nSPS) is 18.8. The maximum Gasteiger partial charge on any atom is 0.248 e. The van der Waals surface area contributed by atoms with Gasteiger partial charge < -0.3 is 20.7 Å². The molecule has 1 atom stereocenters. The second-order valence-electron chi connectivity index (χ2n) is 7.55. The molecule has 9 heteroatoms. The molecule has 3 aromatic rings. The summed E-state index contributed by atoms with van der Waals surface area (Å²) in [6, 6.07) is 18.1. The predicted octanol–water partition coefficient (Wildman–Crippen LogP) is 2.08. The molecule has 2 aliphatic rings. The molecule has 1 unspecified atom stereocenters. The van der Waals surface area contributed by atoms with E-state index in [4.69, 9.17) is 10.5 Å². The van der Waals surface area contributed by atoms with Crippen LogP contribution in [0.3, 0.4) is 0 Å². The Bertz CT molecular complexity index is 1340. The van der Waals surface area contributed by atoms with E-state index < -0.39 is 11.3 Å². The van der Waals surface area contributed by atoms with Gasteiger partial charge in [0.15, 0.2) is 0 Å². The van der Waals surface area contributed by atoms with Gasteiger partial charge in [-0.3, -0.25) is 14.7 Å². The van der Waals surface area contributed by atoms with E-state index >= 15 is 0 Å². The Kier molecular flexibility index (Phi) is 4.23. The molecule has 5 rings (SSSR count). The standard InChI is InChI=1S/C23H18N6O3/c1-13-19-21(28-27-13)32-20(25)16(11-24)23(19)15-9-5-6-10-17(15)29(22(23)31)12-18(30)26-14-7-3-2-4-8-14/h2-10H,12,25H2,1H3,(H,26,30)(H,27,28). The first-order valence-corrected chi connectivity index (χ1v) is 9.88. The Labute approximate surface area is 183 Å². The van der Waals surface area contributed by atoms with Crippen LogP contribution in [0.5, 0.6) is 5.88 Å². The summed E-state index contributed by atoms with van der Waals surface area (Å²) in [4.78, 5) is 28.3. The number of nitrogens with one attached hydrogen (secondary N) is 2. The molecule has 2 aromatic carbocycles. The van der Waals surface area contributed by atoms with Crippen LogP contribution in [0.25, 0.3) is 0 Å². The Morgan fingerprint density at radius 2 is 1.97 bits per heavy atom. The SMILES string of the molecule is Cc1[nH]nc2c1C1(C(=O)N(CC(=O)Nc3ccccc3)c3ccccc31)C(C#N)=C(N)O2. The number of nitrogens with zero attached hydrogens (tertiary/aromatic N) is 3. The van der Waals surface area contributed by atoms with Crippen molar-refractivity contribution in [1.29, 1.82) is 5.26 Å². The summed E-state index contributed by atoms with van der Waals surface area (Å²) in [6.45, 7) is 1.51. The lowest BCUT2D eigenvalue weighted by Gasteiger charge is -2.32. The highest BCUT2D eigenvalue weighted by atomic mass is 16.5. The zero-order valence-electron chi connectivity index (χ0n) is 17.0. The predicted molar refractivity (Wildman–Crippen MR) is 115 cm³/mol. The zero-order chi connectivity index (χ0) is 22.5. The van der Waals surface area contributed by atoms with Crippen LogP contribution in [0.15, 0.2) is 66.1 Å². The molecule has 3 heterocycles. The van der Waals surface area contributed by atoms with Crippen molar-refractivity contribution in [3.8, 4) is 11.9 Å². The van der Waals surface area contributed by atoms with Crippen molar-refractivity contribution in [2.75, 3.05) is 16.8 Å². The largest absolute Gasteiger partial charge is 0.420 e. The monoisotopic (exact) mass is 426 g/mol. The number of aromatic nitrogens is 2. The fourth-order valence-electron chi connectivity index (χ4n) is 4.49. The van der Waals surface area contributed by atoms with Gasteiger partial charge in [-0.2, -0.15) is 5.26 Å². The number of aromatic amines is 1. The van der Waals surface area contributed by atoms with Crippen molar-refractivity contribution in [1.82, 2.24) is 10.2 Å². The van der Waals surface area contributed by atoms with Crippen molar-refractivity contribution in [2.45, 2.75) is 12.3 Å². The molecule has 0 saturated carbocycles. The molecule has 0 fully saturated rings. The zero-order valence-corrected chi connectivity index (χ0v) is 17.0. The summed E-state index contributed by atoms with van der Waals surface area (Å²) >= 11 is 0. The molecule has 4 N–H and O–H groups in total. The lowest BCUT2D eigenvalue weighted by Crippen LogP contribution is -2.47. The maximum absolute atomic E-state index is 14.1. The van der Waals surface area contributed by atoms with E-state index in [0.717, 1.165) is 0 Å². The molecular formula is C23H18N6O3. The number of rotatable bonds is 3. The van der Waals surface area contributed by atoms with Crippen molar-refractivity contribution < 1.29 is 14.3 Å². The van der Waals surface area contributed by atoms with Gasteiger partial charge in [0.2, 0.25) is 23.6 Å². The van der Waals surface area contributed by atoms with Gasteiger partial charge in [-0.25, -0.2) is 0 Å². The van der Waals surface area contributed by atoms with Gasteiger partial charge in [-0.1, -0.05) is 36.4 Å². The quantitative estimate of drug-likeness (QED) is 0.586. The van der Waals surface area contributed by atoms with Crippen LogP contribution in [0.4, 0.5) is 11.4 Å². The van der Waals surface area contributed by atoms with Crippen molar-refractivity contribution in [3.63, 3.8) is 0 Å². The van der Waals surface area contributed by atoms with Crippen molar-refractivity contribution in [3.05, 3.63) is 82.9 Å². The Balaban J connectivity index is 1.65. The van der Waals surface area contributed by atoms with E-state index in [1.165, 1.54) is 4.90 Å². The number of aryl methyl sites for hydroxylation is 1. The molecule has 1 aromatic heterocycles. The molecule has 0 radical (unpaired) electrons. The molecule has 2 aliphatic heterocycles. The lowest BCUT2D eigenvalue weighted by molar-refractivity contribution is -0.123. The van der Waals surface area contributed by atoms with Crippen molar-refractivity contribution >= 4 is 23.2 Å². The Morgan fingerprint density at radius 1 is 1.25 bits per heavy atom. The highest BCUT2D eigenvalue weighted by molar-refractivity contribution is 6.16. The summed E-state index contributed by atoms with van der Waals surface area (Å²) in [5, 5.41) is 19.7. The number of ether oxygens (including phenoxy) is 1. The van der Waals surface area contributed by atoms with Crippen molar-refractivity contribution in [2.24, 2.45) is 5.73 Å². The first-order chi connectivity index (χ1) is 15.5. The number of amides is 2. The Hall–Kier alpha value is -4.58. The highest BCUT2D eigenvalue weighted by Crippen LogP contribution is 2.55. The van der Waals surface area contributed by atoms with Gasteiger partial charge in [0.1, 0.15) is 23.6 Å². The third kappa shape index (κ3) is 2.53. The number of H-pyrrole nitrogens is 1. The molecule has 0 bridgehead atoms. The number of anilines is 2. The van der Waals surface area contributed by atoms with Gasteiger partial charge in [-0.05, 0) is 25.1 Å². The fourth-order valence-corrected chi connectivity index (χ4v) is 4.49. The average molecular weight is 426 g/mol. The number of nitrogens with two attached hydrogens (primary N) is 1. The number of carbonyl (C=O) groups excluding carboxylic acids is 2. The average Bonchev–Trinajstić information content (AvgIpc) is 3.26. The van der Waals surface area contributed by atoms with Crippen LogP contribution in [0, 0.1) is 18.3 Å². The molecule has 9 nitrogen and oxygen atoms in total. The van der Waals surface area contributed by atoms with Crippen LogP contribution < -0.4 is 20.7 Å². The number of fused-ring (bicyclic) bond motifs is 4. The van der Waals surface area contributed by atoms with Crippen LogP contribution in [-0.4, -0.2) is 28.6 Å². The second-order valence-corrected chi connectivity index (χ2v) is 7.55. The summed E-state index contributed by atoms with van der Waals surface area (Å²) in [5.74, 6) is -0.887. The van der Waals surface area contributed by atoms with Crippen LogP contribution in [0.1, 0.15) is 16.8 Å². The molecule has 158 valence electrons. The first kappa shape index (κ1) is 19.4. The topological polar surface area (TPSA) is 137 Å². The molecule has 32 heavy (non-hydrogen) atoms. The van der Waals surface area contributed by atoms with Gasteiger partial charge in [0, 0.05) is 22.6 Å². The fraction of sp³-hybridized carbons (Fsp3) is 0.130. The number of hydrogen-bond donors (Lipinski definition) is 3. The number of nitriles is 1. The highest BCUT2D eigenvalue weighted by Gasteiger charge is 2.60. The third-order valence-electron chi connectivity index (χ3n) is 5.75. The van der Waals surface area contributed by atoms with E-state index in [9.17, 15) is 14.9 Å². The summed E-state index contributed by atoms with van der Waals surface area (Å²) in [7, 11) is 0. The molecule has 0 saturated heterocycles. The van der Waals surface area contributed by atoms with Crippen LogP contribution in [-0.2, 0) is 15.0 Å². The van der Waals surface area contributed by atoms with Crippen LogP contribution >= 0.6 is 0 Å². The maximum atomic E-state index is 14.1. The second kappa shape index (κ2) is 6.99.